The molecule has 1 aromatic carbocycles. The van der Waals surface area contributed by atoms with Crippen molar-refractivity contribution < 1.29 is 9.53 Å². The maximum atomic E-state index is 12.5. The Morgan fingerprint density at radius 3 is 2.25 bits per heavy atom. The molecule has 4 nitrogen and oxygen atoms in total. The topological polar surface area (TPSA) is 32.8 Å². The Morgan fingerprint density at radius 1 is 0.958 bits per heavy atom. The number of hydrogen-bond donors (Lipinski definition) is 0. The fourth-order valence-corrected chi connectivity index (χ4v) is 3.04. The van der Waals surface area contributed by atoms with E-state index in [0.29, 0.717) is 0 Å². The summed E-state index contributed by atoms with van der Waals surface area (Å²) in [5.41, 5.74) is 0.759. The molecule has 0 aromatic heterocycles. The van der Waals surface area contributed by atoms with E-state index < -0.39 is 0 Å². The van der Waals surface area contributed by atoms with Crippen LogP contribution in [0.5, 0.6) is 5.75 Å². The van der Waals surface area contributed by atoms with Crippen molar-refractivity contribution in [3.63, 3.8) is 0 Å². The molecule has 1 saturated heterocycles. The number of unbranched alkanes of at least 4 members (excludes halogenated alkanes) is 4. The first-order chi connectivity index (χ1) is 11.7. The van der Waals surface area contributed by atoms with Crippen molar-refractivity contribution in [2.45, 2.75) is 46.0 Å². The van der Waals surface area contributed by atoms with Crippen LogP contribution in [0.15, 0.2) is 24.3 Å². The first-order valence-corrected chi connectivity index (χ1v) is 9.49. The lowest BCUT2D eigenvalue weighted by Gasteiger charge is -2.34. The highest BCUT2D eigenvalue weighted by molar-refractivity contribution is 5.94. The highest BCUT2D eigenvalue weighted by atomic mass is 16.5. The van der Waals surface area contributed by atoms with E-state index in [9.17, 15) is 4.79 Å². The Bertz CT molecular complexity index is 479. The molecule has 1 fully saturated rings. The molecule has 24 heavy (non-hydrogen) atoms. The Morgan fingerprint density at radius 2 is 1.62 bits per heavy atom. The number of carbonyl (C=O) groups excluding carboxylic acids is 1. The molecule has 1 aliphatic heterocycles. The van der Waals surface area contributed by atoms with E-state index in [1.54, 1.807) is 0 Å². The maximum absolute atomic E-state index is 12.5. The number of hydrogen-bond acceptors (Lipinski definition) is 3. The maximum Gasteiger partial charge on any atom is 0.253 e. The molecule has 1 aromatic rings. The quantitative estimate of drug-likeness (QED) is 0.645. The van der Waals surface area contributed by atoms with E-state index in [1.165, 1.54) is 25.7 Å². The zero-order valence-corrected chi connectivity index (χ0v) is 15.3. The van der Waals surface area contributed by atoms with Crippen LogP contribution in [0.3, 0.4) is 0 Å². The van der Waals surface area contributed by atoms with Gasteiger partial charge in [-0.05, 0) is 37.2 Å². The van der Waals surface area contributed by atoms with E-state index in [0.717, 1.165) is 57.1 Å². The van der Waals surface area contributed by atoms with Crippen molar-refractivity contribution in [3.05, 3.63) is 29.8 Å². The normalized spacial score (nSPS) is 15.5. The number of carbonyl (C=O) groups is 1. The summed E-state index contributed by atoms with van der Waals surface area (Å²) in [4.78, 5) is 16.9. The molecule has 0 atom stereocenters. The molecule has 0 bridgehead atoms. The predicted octanol–water partition coefficient (Wildman–Crippen LogP) is 3.81. The molecule has 1 aliphatic rings. The van der Waals surface area contributed by atoms with Gasteiger partial charge in [-0.1, -0.05) is 39.5 Å². The van der Waals surface area contributed by atoms with E-state index in [-0.39, 0.29) is 5.91 Å². The standard InChI is InChI=1S/C20H32N2O2/c1-3-5-6-7-8-17-24-19-11-9-18(10-12-19)20(23)22-15-13-21(4-2)14-16-22/h9-12H,3-8,13-17H2,1-2H3. The summed E-state index contributed by atoms with van der Waals surface area (Å²) >= 11 is 0. The SMILES string of the molecule is CCCCCCCOc1ccc(C(=O)N2CCN(CC)CC2)cc1. The van der Waals surface area contributed by atoms with Crippen LogP contribution in [-0.4, -0.2) is 55.0 Å². The predicted molar refractivity (Wildman–Crippen MR) is 98.7 cm³/mol. The van der Waals surface area contributed by atoms with Crippen molar-refractivity contribution in [2.24, 2.45) is 0 Å². The largest absolute Gasteiger partial charge is 0.494 e. The van der Waals surface area contributed by atoms with Crippen LogP contribution in [0.25, 0.3) is 0 Å². The van der Waals surface area contributed by atoms with Crippen LogP contribution in [0.2, 0.25) is 0 Å². The monoisotopic (exact) mass is 332 g/mol. The lowest BCUT2D eigenvalue weighted by Crippen LogP contribution is -2.48. The Hall–Kier alpha value is -1.55. The number of piperazine rings is 1. The van der Waals surface area contributed by atoms with E-state index >= 15 is 0 Å². The third kappa shape index (κ3) is 5.82. The Labute approximate surface area is 146 Å². The van der Waals surface area contributed by atoms with Gasteiger partial charge in [0.15, 0.2) is 0 Å². The third-order valence-corrected chi connectivity index (χ3v) is 4.72. The average molecular weight is 332 g/mol. The molecule has 0 unspecified atom stereocenters. The van der Waals surface area contributed by atoms with Gasteiger partial charge >= 0.3 is 0 Å². The highest BCUT2D eigenvalue weighted by Gasteiger charge is 2.21. The summed E-state index contributed by atoms with van der Waals surface area (Å²) in [6.07, 6.45) is 6.20. The Balaban J connectivity index is 1.74. The number of likely N-dealkylation sites (N-methyl/N-ethyl adjacent to an activating group) is 1. The molecule has 2 rings (SSSR count). The molecule has 0 spiro atoms. The van der Waals surface area contributed by atoms with Crippen molar-refractivity contribution in [1.82, 2.24) is 9.80 Å². The van der Waals surface area contributed by atoms with Gasteiger partial charge in [0.2, 0.25) is 0 Å². The molecule has 0 saturated carbocycles. The molecular weight excluding hydrogens is 300 g/mol. The Kier molecular flexibility index (Phi) is 8.10. The van der Waals surface area contributed by atoms with Crippen LogP contribution >= 0.6 is 0 Å². The summed E-state index contributed by atoms with van der Waals surface area (Å²) < 4.78 is 5.76. The fourth-order valence-electron chi connectivity index (χ4n) is 3.04. The van der Waals surface area contributed by atoms with E-state index in [4.69, 9.17) is 4.74 Å². The van der Waals surface area contributed by atoms with Gasteiger partial charge in [0, 0.05) is 31.7 Å². The second-order valence-corrected chi connectivity index (χ2v) is 6.51. The highest BCUT2D eigenvalue weighted by Crippen LogP contribution is 2.15. The second kappa shape index (κ2) is 10.3. The number of rotatable bonds is 9. The van der Waals surface area contributed by atoms with Crippen molar-refractivity contribution >= 4 is 5.91 Å². The summed E-state index contributed by atoms with van der Waals surface area (Å²) in [7, 11) is 0. The van der Waals surface area contributed by atoms with Gasteiger partial charge in [0.05, 0.1) is 6.61 Å². The molecule has 4 heteroatoms. The van der Waals surface area contributed by atoms with Gasteiger partial charge in [-0.2, -0.15) is 0 Å². The minimum atomic E-state index is 0.136. The van der Waals surface area contributed by atoms with E-state index in [2.05, 4.69) is 18.7 Å². The van der Waals surface area contributed by atoms with Gasteiger partial charge in [-0.25, -0.2) is 0 Å². The van der Waals surface area contributed by atoms with Crippen LogP contribution in [-0.2, 0) is 0 Å². The summed E-state index contributed by atoms with van der Waals surface area (Å²) in [5.74, 6) is 0.995. The van der Waals surface area contributed by atoms with Gasteiger partial charge in [-0.15, -0.1) is 0 Å². The lowest BCUT2D eigenvalue weighted by atomic mass is 10.1. The average Bonchev–Trinajstić information content (AvgIpc) is 2.64. The van der Waals surface area contributed by atoms with Crippen molar-refractivity contribution in [3.8, 4) is 5.75 Å². The first-order valence-electron chi connectivity index (χ1n) is 9.49. The van der Waals surface area contributed by atoms with Crippen LogP contribution in [0, 0.1) is 0 Å². The minimum Gasteiger partial charge on any atom is -0.494 e. The van der Waals surface area contributed by atoms with E-state index in [1.807, 2.05) is 29.2 Å². The van der Waals surface area contributed by atoms with Gasteiger partial charge in [0.25, 0.3) is 5.91 Å². The smallest absolute Gasteiger partial charge is 0.253 e. The summed E-state index contributed by atoms with van der Waals surface area (Å²) in [6.45, 7) is 9.81. The molecular formula is C20H32N2O2. The molecule has 1 heterocycles. The zero-order chi connectivity index (χ0) is 17.2. The lowest BCUT2D eigenvalue weighted by molar-refractivity contribution is 0.0643. The van der Waals surface area contributed by atoms with Gasteiger partial charge in [0.1, 0.15) is 5.75 Å². The molecule has 1 amide bonds. The third-order valence-electron chi connectivity index (χ3n) is 4.72. The molecule has 134 valence electrons. The molecule has 0 N–H and O–H groups in total. The molecule has 0 radical (unpaired) electrons. The summed E-state index contributed by atoms with van der Waals surface area (Å²) in [5, 5.41) is 0. The van der Waals surface area contributed by atoms with Crippen molar-refractivity contribution in [2.75, 3.05) is 39.3 Å². The number of ether oxygens (including phenoxy) is 1. The number of amides is 1. The number of benzene rings is 1. The number of nitrogens with zero attached hydrogens (tertiary/aromatic N) is 2. The molecule has 0 aliphatic carbocycles. The van der Waals surface area contributed by atoms with Gasteiger partial charge in [-0.3, -0.25) is 4.79 Å². The van der Waals surface area contributed by atoms with Crippen molar-refractivity contribution in [1.29, 1.82) is 0 Å². The van der Waals surface area contributed by atoms with Crippen LogP contribution in [0.4, 0.5) is 0 Å². The zero-order valence-electron chi connectivity index (χ0n) is 15.3. The second-order valence-electron chi connectivity index (χ2n) is 6.51. The van der Waals surface area contributed by atoms with Crippen LogP contribution in [0.1, 0.15) is 56.3 Å². The van der Waals surface area contributed by atoms with Crippen LogP contribution < -0.4 is 4.74 Å². The fraction of sp³-hybridized carbons (Fsp3) is 0.650. The summed E-state index contributed by atoms with van der Waals surface area (Å²) in [6, 6.07) is 7.62. The van der Waals surface area contributed by atoms with Gasteiger partial charge < -0.3 is 14.5 Å². The minimum absolute atomic E-state index is 0.136. The first kappa shape index (κ1) is 18.8.